The summed E-state index contributed by atoms with van der Waals surface area (Å²) in [4.78, 5) is 12.4. The van der Waals surface area contributed by atoms with Gasteiger partial charge in [-0.15, -0.1) is 0 Å². The topological polar surface area (TPSA) is 73.6 Å². The van der Waals surface area contributed by atoms with Gasteiger partial charge in [-0.2, -0.15) is 0 Å². The number of nitrogens with one attached hydrogen (secondary N) is 1. The lowest BCUT2D eigenvalue weighted by atomic mass is 10.1. The second-order valence-corrected chi connectivity index (χ2v) is 6.21. The molecule has 0 spiro atoms. The molecule has 5 heteroatoms. The second-order valence-electron chi connectivity index (χ2n) is 6.21. The van der Waals surface area contributed by atoms with Gasteiger partial charge in [0, 0.05) is 12.1 Å². The molecule has 3 N–H and O–H groups in total. The maximum absolute atomic E-state index is 12.4. The van der Waals surface area contributed by atoms with E-state index < -0.39 is 0 Å². The summed E-state index contributed by atoms with van der Waals surface area (Å²) >= 11 is 0. The van der Waals surface area contributed by atoms with Crippen molar-refractivity contribution in [3.63, 3.8) is 0 Å². The van der Waals surface area contributed by atoms with Crippen molar-refractivity contribution in [3.8, 4) is 11.5 Å². The second kappa shape index (κ2) is 9.82. The van der Waals surface area contributed by atoms with Crippen LogP contribution in [0.25, 0.3) is 0 Å². The van der Waals surface area contributed by atoms with Crippen LogP contribution in [0.4, 0.5) is 0 Å². The Kier molecular flexibility index (Phi) is 7.48. The van der Waals surface area contributed by atoms with Crippen molar-refractivity contribution >= 4 is 5.91 Å². The molecule has 26 heavy (non-hydrogen) atoms. The number of methoxy groups -OCH3 is 1. The highest BCUT2D eigenvalue weighted by Gasteiger charge is 2.14. The Balaban J connectivity index is 2.05. The van der Waals surface area contributed by atoms with E-state index in [9.17, 15) is 4.79 Å². The van der Waals surface area contributed by atoms with Crippen LogP contribution in [0.5, 0.6) is 11.5 Å². The number of benzene rings is 2. The number of nitrogens with two attached hydrogens (primary N) is 1. The first-order chi connectivity index (χ1) is 12.6. The molecule has 5 nitrogen and oxygen atoms in total. The van der Waals surface area contributed by atoms with Crippen LogP contribution in [0.3, 0.4) is 0 Å². The van der Waals surface area contributed by atoms with E-state index in [-0.39, 0.29) is 11.9 Å². The van der Waals surface area contributed by atoms with Crippen LogP contribution < -0.4 is 20.5 Å². The van der Waals surface area contributed by atoms with E-state index in [1.807, 2.05) is 37.3 Å². The van der Waals surface area contributed by atoms with Crippen molar-refractivity contribution in [1.82, 2.24) is 5.32 Å². The summed E-state index contributed by atoms with van der Waals surface area (Å²) in [5, 5.41) is 3.01. The Morgan fingerprint density at radius 3 is 2.50 bits per heavy atom. The van der Waals surface area contributed by atoms with Gasteiger partial charge in [0.2, 0.25) is 0 Å². The monoisotopic (exact) mass is 356 g/mol. The Hall–Kier alpha value is -2.53. The Morgan fingerprint density at radius 1 is 1.15 bits per heavy atom. The van der Waals surface area contributed by atoms with Crippen LogP contribution >= 0.6 is 0 Å². The van der Waals surface area contributed by atoms with Gasteiger partial charge in [-0.3, -0.25) is 4.79 Å². The summed E-state index contributed by atoms with van der Waals surface area (Å²) in [6.07, 6.45) is 2.08. The SMILES string of the molecule is CCCCOc1ccc(C(C)NC(=O)c2ccc(CN)cc2)cc1OC. The number of ether oxygens (including phenoxy) is 2. The molecule has 0 saturated heterocycles. The third kappa shape index (κ3) is 5.23. The van der Waals surface area contributed by atoms with Crippen LogP contribution in [-0.2, 0) is 6.54 Å². The molecular formula is C21H28N2O3. The van der Waals surface area contributed by atoms with Crippen molar-refractivity contribution in [2.24, 2.45) is 5.73 Å². The summed E-state index contributed by atoms with van der Waals surface area (Å²) in [6.45, 7) is 5.19. The van der Waals surface area contributed by atoms with Crippen LogP contribution in [0.15, 0.2) is 42.5 Å². The molecule has 0 aromatic heterocycles. The smallest absolute Gasteiger partial charge is 0.251 e. The van der Waals surface area contributed by atoms with Crippen molar-refractivity contribution in [3.05, 3.63) is 59.2 Å². The van der Waals surface area contributed by atoms with E-state index in [1.54, 1.807) is 19.2 Å². The highest BCUT2D eigenvalue weighted by atomic mass is 16.5. The van der Waals surface area contributed by atoms with Gasteiger partial charge in [0.1, 0.15) is 0 Å². The normalized spacial score (nSPS) is 11.7. The van der Waals surface area contributed by atoms with Gasteiger partial charge in [0.05, 0.1) is 19.8 Å². The Morgan fingerprint density at radius 2 is 1.88 bits per heavy atom. The van der Waals surface area contributed by atoms with Crippen LogP contribution in [0, 0.1) is 0 Å². The minimum Gasteiger partial charge on any atom is -0.493 e. The fourth-order valence-corrected chi connectivity index (χ4v) is 2.55. The molecule has 2 aromatic carbocycles. The molecule has 2 aromatic rings. The maximum Gasteiger partial charge on any atom is 0.251 e. The van der Waals surface area contributed by atoms with Crippen LogP contribution in [0.1, 0.15) is 54.2 Å². The highest BCUT2D eigenvalue weighted by Crippen LogP contribution is 2.30. The fraction of sp³-hybridized carbons (Fsp3) is 0.381. The first-order valence-electron chi connectivity index (χ1n) is 8.99. The molecule has 1 unspecified atom stereocenters. The van der Waals surface area contributed by atoms with E-state index in [0.717, 1.165) is 29.7 Å². The van der Waals surface area contributed by atoms with E-state index in [4.69, 9.17) is 15.2 Å². The van der Waals surface area contributed by atoms with E-state index in [2.05, 4.69) is 12.2 Å². The molecule has 0 fully saturated rings. The number of rotatable bonds is 9. The van der Waals surface area contributed by atoms with Crippen molar-refractivity contribution in [2.75, 3.05) is 13.7 Å². The third-order valence-electron chi connectivity index (χ3n) is 4.24. The summed E-state index contributed by atoms with van der Waals surface area (Å²) in [5.74, 6) is 1.27. The number of hydrogen-bond donors (Lipinski definition) is 2. The molecule has 0 aliphatic carbocycles. The molecule has 0 aliphatic rings. The van der Waals surface area contributed by atoms with Gasteiger partial charge in [0.15, 0.2) is 11.5 Å². The molecule has 140 valence electrons. The van der Waals surface area contributed by atoms with Crippen LogP contribution in [-0.4, -0.2) is 19.6 Å². The molecule has 0 heterocycles. The molecule has 0 bridgehead atoms. The molecule has 1 amide bonds. The quantitative estimate of drug-likeness (QED) is 0.670. The molecule has 0 radical (unpaired) electrons. The predicted molar refractivity (Wildman–Crippen MR) is 104 cm³/mol. The molecule has 1 atom stereocenters. The number of carbonyl (C=O) groups excluding carboxylic acids is 1. The van der Waals surface area contributed by atoms with Crippen molar-refractivity contribution in [1.29, 1.82) is 0 Å². The van der Waals surface area contributed by atoms with Crippen LogP contribution in [0.2, 0.25) is 0 Å². The Labute approximate surface area is 155 Å². The molecule has 2 rings (SSSR count). The van der Waals surface area contributed by atoms with Crippen molar-refractivity contribution < 1.29 is 14.3 Å². The number of hydrogen-bond acceptors (Lipinski definition) is 4. The lowest BCUT2D eigenvalue weighted by Crippen LogP contribution is -2.26. The molecular weight excluding hydrogens is 328 g/mol. The van der Waals surface area contributed by atoms with Gasteiger partial charge < -0.3 is 20.5 Å². The number of unbranched alkanes of at least 4 members (excludes halogenated alkanes) is 1. The summed E-state index contributed by atoms with van der Waals surface area (Å²) < 4.78 is 11.2. The minimum absolute atomic E-state index is 0.122. The van der Waals surface area contributed by atoms with Gasteiger partial charge in [-0.25, -0.2) is 0 Å². The fourth-order valence-electron chi connectivity index (χ4n) is 2.55. The van der Waals surface area contributed by atoms with Gasteiger partial charge in [-0.05, 0) is 48.7 Å². The summed E-state index contributed by atoms with van der Waals surface area (Å²) in [7, 11) is 1.62. The van der Waals surface area contributed by atoms with Gasteiger partial charge in [-0.1, -0.05) is 31.5 Å². The first-order valence-corrected chi connectivity index (χ1v) is 8.99. The summed E-state index contributed by atoms with van der Waals surface area (Å²) in [5.41, 5.74) is 8.15. The number of amides is 1. The zero-order chi connectivity index (χ0) is 18.9. The maximum atomic E-state index is 12.4. The standard InChI is InChI=1S/C21H28N2O3/c1-4-5-12-26-19-11-10-18(13-20(19)25-3)15(2)23-21(24)17-8-6-16(14-22)7-9-17/h6-11,13,15H,4-5,12,14,22H2,1-3H3,(H,23,24). The first kappa shape index (κ1) is 19.8. The lowest BCUT2D eigenvalue weighted by molar-refractivity contribution is 0.0940. The summed E-state index contributed by atoms with van der Waals surface area (Å²) in [6, 6.07) is 12.9. The van der Waals surface area contributed by atoms with E-state index in [1.165, 1.54) is 0 Å². The van der Waals surface area contributed by atoms with Gasteiger partial charge in [0.25, 0.3) is 5.91 Å². The zero-order valence-corrected chi connectivity index (χ0v) is 15.7. The predicted octanol–water partition coefficient (Wildman–Crippen LogP) is 3.82. The largest absolute Gasteiger partial charge is 0.493 e. The van der Waals surface area contributed by atoms with Crippen molar-refractivity contribution in [2.45, 2.75) is 39.3 Å². The van der Waals surface area contributed by atoms with E-state index in [0.29, 0.717) is 24.5 Å². The van der Waals surface area contributed by atoms with E-state index >= 15 is 0 Å². The minimum atomic E-state index is -0.157. The van der Waals surface area contributed by atoms with Gasteiger partial charge >= 0.3 is 0 Å². The molecule has 0 saturated carbocycles. The average Bonchev–Trinajstić information content (AvgIpc) is 2.68. The molecule has 0 aliphatic heterocycles. The zero-order valence-electron chi connectivity index (χ0n) is 15.7. The number of carbonyl (C=O) groups is 1. The lowest BCUT2D eigenvalue weighted by Gasteiger charge is -2.17. The highest BCUT2D eigenvalue weighted by molar-refractivity contribution is 5.94. The average molecular weight is 356 g/mol. The Bertz CT molecular complexity index is 714. The third-order valence-corrected chi connectivity index (χ3v) is 4.24.